The molecular weight excluding hydrogens is 252 g/mol. The van der Waals surface area contributed by atoms with E-state index in [9.17, 15) is 10.1 Å². The highest BCUT2D eigenvalue weighted by molar-refractivity contribution is 5.52. The molecule has 0 saturated heterocycles. The molecule has 2 rings (SSSR count). The predicted molar refractivity (Wildman–Crippen MR) is 82.9 cm³/mol. The summed E-state index contributed by atoms with van der Waals surface area (Å²) < 4.78 is 7.10. The van der Waals surface area contributed by atoms with Crippen molar-refractivity contribution in [2.75, 3.05) is 5.73 Å². The van der Waals surface area contributed by atoms with Crippen LogP contribution >= 0.6 is 0 Å². The number of nitrogens with zero attached hydrogens (tertiary/aromatic N) is 1. The van der Waals surface area contributed by atoms with E-state index < -0.39 is 0 Å². The second kappa shape index (κ2) is 6.70. The molecule has 0 aromatic heterocycles. The van der Waals surface area contributed by atoms with Gasteiger partial charge in [0, 0.05) is 18.2 Å². The molecule has 0 bridgehead atoms. The molecule has 0 aliphatic rings. The van der Waals surface area contributed by atoms with Gasteiger partial charge in [-0.25, -0.2) is 0 Å². The third kappa shape index (κ3) is 3.82. The maximum atomic E-state index is 10.4. The van der Waals surface area contributed by atoms with E-state index in [1.807, 2.05) is 31.2 Å². The number of hydrogen-bond acceptors (Lipinski definition) is 3. The minimum absolute atomic E-state index is 0.229. The van der Waals surface area contributed by atoms with Crippen LogP contribution in [-0.2, 0) is 0 Å². The van der Waals surface area contributed by atoms with Crippen molar-refractivity contribution in [3.63, 3.8) is 0 Å². The zero-order valence-electron chi connectivity index (χ0n) is 13.0. The molecule has 2 N–H and O–H groups in total. The molecular formula is C16H20N2O2. The molecule has 0 atom stereocenters. The normalized spacial score (nSPS) is 10.2. The quantitative estimate of drug-likeness (QED) is 0.483. The fourth-order valence-corrected chi connectivity index (χ4v) is 1.84. The first kappa shape index (κ1) is 14.1. The number of benzene rings is 2. The van der Waals surface area contributed by atoms with Crippen LogP contribution in [0.25, 0.3) is 0 Å². The minimum Gasteiger partial charge on any atom is -0.398 e. The highest BCUT2D eigenvalue weighted by atomic mass is 16.6. The Kier molecular flexibility index (Phi) is 4.71. The number of anilines is 1. The Balaban J connectivity index is 0.000000211. The maximum absolute atomic E-state index is 10.4. The molecule has 4 heteroatoms. The lowest BCUT2D eigenvalue weighted by atomic mass is 10.1. The van der Waals surface area contributed by atoms with Gasteiger partial charge < -0.3 is 5.73 Å². The molecule has 0 spiro atoms. The van der Waals surface area contributed by atoms with Crippen LogP contribution in [-0.4, -0.2) is 4.92 Å². The monoisotopic (exact) mass is 273 g/mol. The number of nitrogen functional groups attached to an aromatic ring is 1. The average Bonchev–Trinajstić information content (AvgIpc) is 2.42. The summed E-state index contributed by atoms with van der Waals surface area (Å²) in [6.45, 7) is 5.71. The number of para-hydroxylation sites is 2. The van der Waals surface area contributed by atoms with Crippen LogP contribution in [0.4, 0.5) is 11.4 Å². The van der Waals surface area contributed by atoms with Gasteiger partial charge in [-0.05, 0) is 38.8 Å². The Morgan fingerprint density at radius 3 is 1.80 bits per heavy atom. The van der Waals surface area contributed by atoms with Gasteiger partial charge >= 0.3 is 0 Å². The number of nitro groups is 1. The molecule has 2 aromatic carbocycles. The Bertz CT molecular complexity index is 622. The first-order valence-electron chi connectivity index (χ1n) is 6.93. The number of nitrogens with two attached hydrogens (primary N) is 1. The summed E-state index contributed by atoms with van der Waals surface area (Å²) >= 11 is 0. The smallest absolute Gasteiger partial charge is 0.275 e. The van der Waals surface area contributed by atoms with Gasteiger partial charge in [-0.15, -0.1) is 0 Å². The van der Waals surface area contributed by atoms with Gasteiger partial charge in [-0.2, -0.15) is 0 Å². The topological polar surface area (TPSA) is 69.2 Å². The van der Waals surface area contributed by atoms with Gasteiger partial charge in [0.05, 0.1) is 4.92 Å². The third-order valence-corrected chi connectivity index (χ3v) is 3.04. The number of aryl methyl sites for hydroxylation is 4. The Hall–Kier alpha value is -2.36. The van der Waals surface area contributed by atoms with Crippen LogP contribution in [0.2, 0.25) is 0 Å². The largest absolute Gasteiger partial charge is 0.398 e. The highest BCUT2D eigenvalue weighted by Gasteiger charge is 2.11. The molecule has 0 aliphatic carbocycles. The zero-order chi connectivity index (χ0) is 16.0. The average molecular weight is 273 g/mol. The Morgan fingerprint density at radius 2 is 1.45 bits per heavy atom. The summed E-state index contributed by atoms with van der Waals surface area (Å²) in [5.74, 6) is 0. The third-order valence-electron chi connectivity index (χ3n) is 3.04. The van der Waals surface area contributed by atoms with Gasteiger partial charge in [0.25, 0.3) is 5.69 Å². The first-order chi connectivity index (χ1) is 9.88. The van der Waals surface area contributed by atoms with Crippen molar-refractivity contribution in [2.45, 2.75) is 27.7 Å². The predicted octanol–water partition coefficient (Wildman–Crippen LogP) is 4.10. The second-order valence-electron chi connectivity index (χ2n) is 4.65. The van der Waals surface area contributed by atoms with Gasteiger partial charge in [-0.1, -0.05) is 36.4 Å². The first-order valence-corrected chi connectivity index (χ1v) is 6.22. The summed E-state index contributed by atoms with van der Waals surface area (Å²) in [6, 6.07) is 11.1. The van der Waals surface area contributed by atoms with E-state index in [0.29, 0.717) is 0 Å². The fourth-order valence-electron chi connectivity index (χ4n) is 1.84. The fraction of sp³-hybridized carbons (Fsp3) is 0.250. The van der Waals surface area contributed by atoms with Crippen LogP contribution in [0.5, 0.6) is 0 Å². The standard InChI is InChI=1S/C8H9NO2.C8H11N/c1-6-4-3-5-7(2)8(6)9(10)11;1-6-4-3-5-7(2)8(6)9/h3-5H,1-2H3;3-5H,9H2,1-2H3/i;1D. The molecule has 0 saturated carbocycles. The van der Waals surface area contributed by atoms with Crippen molar-refractivity contribution in [1.29, 1.82) is 0 Å². The summed E-state index contributed by atoms with van der Waals surface area (Å²) in [4.78, 5) is 10.1. The van der Waals surface area contributed by atoms with Gasteiger partial charge in [0.1, 0.15) is 0 Å². The van der Waals surface area contributed by atoms with E-state index in [2.05, 4.69) is 0 Å². The van der Waals surface area contributed by atoms with Crippen LogP contribution < -0.4 is 5.73 Å². The van der Waals surface area contributed by atoms with E-state index in [1.54, 1.807) is 26.0 Å². The van der Waals surface area contributed by atoms with E-state index >= 15 is 0 Å². The van der Waals surface area contributed by atoms with E-state index in [4.69, 9.17) is 7.10 Å². The van der Waals surface area contributed by atoms with Crippen LogP contribution in [0.3, 0.4) is 0 Å². The molecule has 0 fully saturated rings. The number of hydrogen-bond donors (Lipinski definition) is 1. The molecule has 0 radical (unpaired) electrons. The summed E-state index contributed by atoms with van der Waals surface area (Å²) in [7, 11) is 0. The Labute approximate surface area is 120 Å². The lowest BCUT2D eigenvalue weighted by molar-refractivity contribution is -0.386. The van der Waals surface area contributed by atoms with Crippen molar-refractivity contribution >= 4 is 11.4 Å². The lowest BCUT2D eigenvalue weighted by Gasteiger charge is -2.00. The molecule has 2 aromatic rings. The summed E-state index contributed by atoms with van der Waals surface area (Å²) in [5, 5.41) is 10.4. The van der Waals surface area contributed by atoms with Crippen LogP contribution in [0.1, 0.15) is 23.6 Å². The molecule has 0 aliphatic heterocycles. The molecule has 20 heavy (non-hydrogen) atoms. The van der Waals surface area contributed by atoms with Crippen molar-refractivity contribution in [3.8, 4) is 0 Å². The minimum atomic E-state index is -0.343. The molecule has 0 amide bonds. The van der Waals surface area contributed by atoms with E-state index in [-0.39, 0.29) is 17.5 Å². The SMILES string of the molecule is Cc1cccc(C)c1[N+](=O)[O-].[2H]Cc1cccc(C)c1N. The van der Waals surface area contributed by atoms with Crippen molar-refractivity contribution in [3.05, 3.63) is 68.8 Å². The van der Waals surface area contributed by atoms with Crippen molar-refractivity contribution in [1.82, 2.24) is 0 Å². The van der Waals surface area contributed by atoms with Gasteiger partial charge in [0.15, 0.2) is 0 Å². The van der Waals surface area contributed by atoms with Crippen molar-refractivity contribution in [2.24, 2.45) is 0 Å². The maximum Gasteiger partial charge on any atom is 0.275 e. The van der Waals surface area contributed by atoms with E-state index in [1.165, 1.54) is 0 Å². The van der Waals surface area contributed by atoms with Gasteiger partial charge in [0.2, 0.25) is 0 Å². The molecule has 4 nitrogen and oxygen atoms in total. The number of nitro benzene ring substituents is 1. The van der Waals surface area contributed by atoms with Crippen LogP contribution in [0.15, 0.2) is 36.4 Å². The lowest BCUT2D eigenvalue weighted by Crippen LogP contribution is -1.93. The van der Waals surface area contributed by atoms with Crippen LogP contribution in [0, 0.1) is 37.8 Å². The molecule has 106 valence electrons. The molecule has 0 unspecified atom stereocenters. The van der Waals surface area contributed by atoms with Gasteiger partial charge in [-0.3, -0.25) is 10.1 Å². The zero-order valence-corrected chi connectivity index (χ0v) is 12.0. The number of rotatable bonds is 1. The molecule has 0 heterocycles. The highest BCUT2D eigenvalue weighted by Crippen LogP contribution is 2.21. The summed E-state index contributed by atoms with van der Waals surface area (Å²) in [6.07, 6.45) is 0. The van der Waals surface area contributed by atoms with E-state index in [0.717, 1.165) is 27.9 Å². The Morgan fingerprint density at radius 1 is 1.00 bits per heavy atom. The summed E-state index contributed by atoms with van der Waals surface area (Å²) in [5.41, 5.74) is 10.1. The van der Waals surface area contributed by atoms with Crippen molar-refractivity contribution < 1.29 is 6.29 Å². The second-order valence-corrected chi connectivity index (χ2v) is 4.65.